The Bertz CT molecular complexity index is 411. The third kappa shape index (κ3) is 3.46. The Balaban J connectivity index is 1.73. The Morgan fingerprint density at radius 1 is 1.56 bits per heavy atom. The average molecular weight is 255 g/mol. The van der Waals surface area contributed by atoms with Gasteiger partial charge >= 0.3 is 0 Å². The van der Waals surface area contributed by atoms with E-state index in [1.54, 1.807) is 6.20 Å². The first-order valence-corrected chi connectivity index (χ1v) is 5.86. The lowest BCUT2D eigenvalue weighted by Crippen LogP contribution is -2.41. The monoisotopic (exact) mass is 255 g/mol. The maximum atomic E-state index is 12.9. The summed E-state index contributed by atoms with van der Waals surface area (Å²) in [7, 11) is 0. The highest BCUT2D eigenvalue weighted by Gasteiger charge is 2.42. The number of aromatic nitrogens is 1. The minimum absolute atomic E-state index is 0.372. The Kier molecular flexibility index (Phi) is 3.86. The third-order valence-electron chi connectivity index (χ3n) is 2.83. The number of halogens is 2. The first-order valence-electron chi connectivity index (χ1n) is 5.86. The third-order valence-corrected chi connectivity index (χ3v) is 2.83. The molecule has 2 heterocycles. The van der Waals surface area contributed by atoms with Crippen molar-refractivity contribution < 1.29 is 13.6 Å². The fourth-order valence-corrected chi connectivity index (χ4v) is 1.88. The van der Waals surface area contributed by atoms with Gasteiger partial charge in [-0.2, -0.15) is 0 Å². The summed E-state index contributed by atoms with van der Waals surface area (Å²) < 4.78 is 25.8. The predicted molar refractivity (Wildman–Crippen MR) is 62.3 cm³/mol. The maximum absolute atomic E-state index is 12.9. The van der Waals surface area contributed by atoms with Gasteiger partial charge in [-0.05, 0) is 12.1 Å². The van der Waals surface area contributed by atoms with Crippen molar-refractivity contribution in [1.82, 2.24) is 15.6 Å². The van der Waals surface area contributed by atoms with E-state index in [-0.39, 0.29) is 5.91 Å². The summed E-state index contributed by atoms with van der Waals surface area (Å²) in [6.07, 6.45) is 1.84. The molecular formula is C12H15F2N3O. The molecule has 4 nitrogen and oxygen atoms in total. The van der Waals surface area contributed by atoms with E-state index >= 15 is 0 Å². The van der Waals surface area contributed by atoms with Gasteiger partial charge in [-0.3, -0.25) is 15.1 Å². The van der Waals surface area contributed by atoms with E-state index in [0.717, 1.165) is 5.69 Å². The molecule has 1 aliphatic rings. The van der Waals surface area contributed by atoms with Crippen LogP contribution in [-0.2, 0) is 11.2 Å². The van der Waals surface area contributed by atoms with Crippen LogP contribution in [-0.4, -0.2) is 35.9 Å². The highest BCUT2D eigenvalue weighted by atomic mass is 19.3. The van der Waals surface area contributed by atoms with Crippen LogP contribution in [0.2, 0.25) is 0 Å². The highest BCUT2D eigenvalue weighted by Crippen LogP contribution is 2.24. The number of pyridine rings is 1. The van der Waals surface area contributed by atoms with Gasteiger partial charge in [0.25, 0.3) is 5.92 Å². The van der Waals surface area contributed by atoms with Crippen molar-refractivity contribution in [2.75, 3.05) is 13.1 Å². The second-order valence-electron chi connectivity index (χ2n) is 4.36. The zero-order valence-electron chi connectivity index (χ0n) is 9.83. The lowest BCUT2D eigenvalue weighted by molar-refractivity contribution is -0.123. The van der Waals surface area contributed by atoms with Crippen LogP contribution >= 0.6 is 0 Å². The minimum Gasteiger partial charge on any atom is -0.354 e. The summed E-state index contributed by atoms with van der Waals surface area (Å²) >= 11 is 0. The lowest BCUT2D eigenvalue weighted by atomic mass is 10.2. The summed E-state index contributed by atoms with van der Waals surface area (Å²) in [4.78, 5) is 15.7. The molecule has 0 saturated carbocycles. The molecule has 1 unspecified atom stereocenters. The number of rotatable bonds is 4. The Hall–Kier alpha value is -1.56. The lowest BCUT2D eigenvalue weighted by Gasteiger charge is -2.10. The standard InChI is InChI=1S/C12H15F2N3O/c13-12(14)7-10(17-8-12)11(18)16-6-4-9-3-1-2-5-15-9/h1-3,5,10,17H,4,6-8H2,(H,16,18). The van der Waals surface area contributed by atoms with Crippen LogP contribution in [0.5, 0.6) is 0 Å². The topological polar surface area (TPSA) is 54.0 Å². The van der Waals surface area contributed by atoms with Crippen molar-refractivity contribution in [2.45, 2.75) is 24.8 Å². The fourth-order valence-electron chi connectivity index (χ4n) is 1.88. The van der Waals surface area contributed by atoms with Crippen LogP contribution < -0.4 is 10.6 Å². The van der Waals surface area contributed by atoms with Crippen molar-refractivity contribution in [3.05, 3.63) is 30.1 Å². The molecule has 0 aromatic carbocycles. The number of nitrogens with one attached hydrogen (secondary N) is 2. The molecule has 0 bridgehead atoms. The van der Waals surface area contributed by atoms with Gasteiger partial charge in [0, 0.05) is 31.3 Å². The van der Waals surface area contributed by atoms with Crippen LogP contribution in [0, 0.1) is 0 Å². The zero-order chi connectivity index (χ0) is 13.0. The average Bonchev–Trinajstić information content (AvgIpc) is 2.71. The largest absolute Gasteiger partial charge is 0.354 e. The van der Waals surface area contributed by atoms with Crippen molar-refractivity contribution in [3.8, 4) is 0 Å². The number of nitrogens with zero attached hydrogens (tertiary/aromatic N) is 1. The predicted octanol–water partition coefficient (Wildman–Crippen LogP) is 0.737. The van der Waals surface area contributed by atoms with Crippen molar-refractivity contribution >= 4 is 5.91 Å². The molecule has 1 saturated heterocycles. The number of carbonyl (C=O) groups is 1. The SMILES string of the molecule is O=C(NCCc1ccccn1)C1CC(F)(F)CN1. The van der Waals surface area contributed by atoms with Gasteiger partial charge in [0.2, 0.25) is 5.91 Å². The van der Waals surface area contributed by atoms with Crippen LogP contribution in [0.3, 0.4) is 0 Å². The van der Waals surface area contributed by atoms with Gasteiger partial charge < -0.3 is 5.32 Å². The number of carbonyl (C=O) groups excluding carboxylic acids is 1. The molecule has 1 amide bonds. The molecule has 0 spiro atoms. The van der Waals surface area contributed by atoms with Crippen LogP contribution in [0.1, 0.15) is 12.1 Å². The number of alkyl halides is 2. The summed E-state index contributed by atoms with van der Waals surface area (Å²) in [5, 5.41) is 5.15. The fraction of sp³-hybridized carbons (Fsp3) is 0.500. The van der Waals surface area contributed by atoms with Gasteiger partial charge in [-0.25, -0.2) is 8.78 Å². The van der Waals surface area contributed by atoms with E-state index in [9.17, 15) is 13.6 Å². The van der Waals surface area contributed by atoms with Gasteiger partial charge in [-0.1, -0.05) is 6.07 Å². The molecule has 18 heavy (non-hydrogen) atoms. The van der Waals surface area contributed by atoms with E-state index in [1.807, 2.05) is 18.2 Å². The van der Waals surface area contributed by atoms with Crippen molar-refractivity contribution in [2.24, 2.45) is 0 Å². The van der Waals surface area contributed by atoms with E-state index in [2.05, 4.69) is 15.6 Å². The summed E-state index contributed by atoms with van der Waals surface area (Å²) in [5.74, 6) is -3.15. The zero-order valence-corrected chi connectivity index (χ0v) is 9.83. The molecule has 98 valence electrons. The van der Waals surface area contributed by atoms with Crippen molar-refractivity contribution in [1.29, 1.82) is 0 Å². The number of amides is 1. The van der Waals surface area contributed by atoms with Crippen molar-refractivity contribution in [3.63, 3.8) is 0 Å². The summed E-state index contributed by atoms with van der Waals surface area (Å²) in [6, 6.07) is 4.74. The molecule has 6 heteroatoms. The van der Waals surface area contributed by atoms with E-state index in [0.29, 0.717) is 13.0 Å². The van der Waals surface area contributed by atoms with Gasteiger partial charge in [0.05, 0.1) is 12.6 Å². The molecule has 1 fully saturated rings. The molecule has 1 aromatic heterocycles. The number of hydrogen-bond donors (Lipinski definition) is 2. The van der Waals surface area contributed by atoms with E-state index in [1.165, 1.54) is 0 Å². The van der Waals surface area contributed by atoms with Crippen LogP contribution in [0.15, 0.2) is 24.4 Å². The van der Waals surface area contributed by atoms with Gasteiger partial charge in [0.15, 0.2) is 0 Å². The molecule has 1 aliphatic heterocycles. The van der Waals surface area contributed by atoms with E-state index < -0.39 is 24.9 Å². The molecule has 0 aliphatic carbocycles. The molecule has 2 rings (SSSR count). The number of hydrogen-bond acceptors (Lipinski definition) is 3. The first-order chi connectivity index (χ1) is 8.57. The molecule has 2 N–H and O–H groups in total. The molecular weight excluding hydrogens is 240 g/mol. The normalized spacial score (nSPS) is 21.8. The summed E-state index contributed by atoms with van der Waals surface area (Å²) in [6.45, 7) is -0.0229. The van der Waals surface area contributed by atoms with E-state index in [4.69, 9.17) is 0 Å². The molecule has 0 radical (unpaired) electrons. The molecule has 1 atom stereocenters. The second-order valence-corrected chi connectivity index (χ2v) is 4.36. The smallest absolute Gasteiger partial charge is 0.262 e. The van der Waals surface area contributed by atoms with Gasteiger partial charge in [-0.15, -0.1) is 0 Å². The molecule has 1 aromatic rings. The minimum atomic E-state index is -2.77. The Morgan fingerprint density at radius 3 is 3.00 bits per heavy atom. The van der Waals surface area contributed by atoms with Gasteiger partial charge in [0.1, 0.15) is 0 Å². The maximum Gasteiger partial charge on any atom is 0.262 e. The highest BCUT2D eigenvalue weighted by molar-refractivity contribution is 5.82. The Labute approximate surface area is 104 Å². The quantitative estimate of drug-likeness (QED) is 0.834. The first kappa shape index (κ1) is 12.9. The second kappa shape index (κ2) is 5.39. The Morgan fingerprint density at radius 2 is 2.39 bits per heavy atom. The van der Waals surface area contributed by atoms with Crippen LogP contribution in [0.25, 0.3) is 0 Å². The summed E-state index contributed by atoms with van der Waals surface area (Å²) in [5.41, 5.74) is 0.863. The van der Waals surface area contributed by atoms with Crippen LogP contribution in [0.4, 0.5) is 8.78 Å².